The van der Waals surface area contributed by atoms with Crippen LogP contribution in [0, 0.1) is 0 Å². The van der Waals surface area contributed by atoms with Crippen LogP contribution in [-0.2, 0) is 24.5 Å². The van der Waals surface area contributed by atoms with E-state index in [1.54, 1.807) is 51.2 Å². The van der Waals surface area contributed by atoms with Crippen molar-refractivity contribution >= 4 is 35.1 Å². The maximum absolute atomic E-state index is 13.3. The standard InChI is InChI=1S/C25H32ClN3O4/c1-24(2,3)18-9-11-19(12-10-18)29(20(30)14-26)22(17-8-7-13-27-15-17)23(32)28-16-21(31)33-25(4,5)6/h7-13,15,22H,14,16H2,1-6H3,(H,28,32). The van der Waals surface area contributed by atoms with Crippen LogP contribution in [0.1, 0.15) is 58.7 Å². The fourth-order valence-corrected chi connectivity index (χ4v) is 3.34. The third kappa shape index (κ3) is 7.56. The lowest BCUT2D eigenvalue weighted by Gasteiger charge is -2.31. The first kappa shape index (κ1) is 26.3. The molecule has 0 saturated carbocycles. The molecule has 0 bridgehead atoms. The first-order chi connectivity index (χ1) is 15.3. The number of hydrogen-bond acceptors (Lipinski definition) is 5. The number of esters is 1. The predicted octanol–water partition coefficient (Wildman–Crippen LogP) is 4.15. The normalized spacial score (nSPS) is 12.6. The Morgan fingerprint density at radius 1 is 1.06 bits per heavy atom. The maximum atomic E-state index is 13.3. The Morgan fingerprint density at radius 3 is 2.18 bits per heavy atom. The van der Waals surface area contributed by atoms with Crippen LogP contribution in [-0.4, -0.2) is 40.8 Å². The number of amides is 2. The monoisotopic (exact) mass is 473 g/mol. The van der Waals surface area contributed by atoms with Crippen LogP contribution in [0.5, 0.6) is 0 Å². The van der Waals surface area contributed by atoms with Crippen molar-refractivity contribution < 1.29 is 19.1 Å². The van der Waals surface area contributed by atoms with Gasteiger partial charge < -0.3 is 10.1 Å². The number of anilines is 1. The Balaban J connectivity index is 2.43. The molecule has 33 heavy (non-hydrogen) atoms. The number of nitrogens with zero attached hydrogens (tertiary/aromatic N) is 2. The van der Waals surface area contributed by atoms with E-state index in [4.69, 9.17) is 16.3 Å². The van der Waals surface area contributed by atoms with E-state index in [0.29, 0.717) is 11.3 Å². The van der Waals surface area contributed by atoms with Crippen molar-refractivity contribution in [3.8, 4) is 0 Å². The van der Waals surface area contributed by atoms with E-state index in [9.17, 15) is 14.4 Å². The highest BCUT2D eigenvalue weighted by Crippen LogP contribution is 2.30. The quantitative estimate of drug-likeness (QED) is 0.482. The van der Waals surface area contributed by atoms with Crippen LogP contribution in [0.15, 0.2) is 48.8 Å². The molecule has 0 radical (unpaired) electrons. The van der Waals surface area contributed by atoms with E-state index in [1.807, 2.05) is 12.1 Å². The molecule has 0 spiro atoms. The molecule has 1 unspecified atom stereocenters. The molecule has 1 N–H and O–H groups in total. The zero-order chi connectivity index (χ0) is 24.8. The number of nitrogens with one attached hydrogen (secondary N) is 1. The topological polar surface area (TPSA) is 88.6 Å². The summed E-state index contributed by atoms with van der Waals surface area (Å²) in [6, 6.07) is 9.71. The molecular formula is C25H32ClN3O4. The Kier molecular flexibility index (Phi) is 8.61. The van der Waals surface area contributed by atoms with Crippen LogP contribution >= 0.6 is 11.6 Å². The minimum Gasteiger partial charge on any atom is -0.459 e. The van der Waals surface area contributed by atoms with Gasteiger partial charge >= 0.3 is 5.97 Å². The van der Waals surface area contributed by atoms with Crippen molar-refractivity contribution in [2.45, 2.75) is 58.6 Å². The van der Waals surface area contributed by atoms with Crippen LogP contribution < -0.4 is 10.2 Å². The number of rotatable bonds is 7. The average Bonchev–Trinajstić information content (AvgIpc) is 2.74. The van der Waals surface area contributed by atoms with Gasteiger partial charge in [-0.2, -0.15) is 0 Å². The van der Waals surface area contributed by atoms with Gasteiger partial charge in [-0.15, -0.1) is 11.6 Å². The maximum Gasteiger partial charge on any atom is 0.325 e. The Bertz CT molecular complexity index is 964. The van der Waals surface area contributed by atoms with Gasteiger partial charge in [0.15, 0.2) is 0 Å². The van der Waals surface area contributed by atoms with E-state index >= 15 is 0 Å². The third-order valence-corrected chi connectivity index (χ3v) is 4.96. The summed E-state index contributed by atoms with van der Waals surface area (Å²) in [4.78, 5) is 43.8. The number of benzene rings is 1. The minimum atomic E-state index is -1.08. The van der Waals surface area contributed by atoms with E-state index in [1.165, 1.54) is 11.1 Å². The number of aromatic nitrogens is 1. The summed E-state index contributed by atoms with van der Waals surface area (Å²) < 4.78 is 5.26. The van der Waals surface area contributed by atoms with Crippen molar-refractivity contribution in [3.63, 3.8) is 0 Å². The van der Waals surface area contributed by atoms with Gasteiger partial charge in [-0.05, 0) is 49.9 Å². The Morgan fingerprint density at radius 2 is 1.70 bits per heavy atom. The fraction of sp³-hybridized carbons (Fsp3) is 0.440. The smallest absolute Gasteiger partial charge is 0.325 e. The van der Waals surface area contributed by atoms with Crippen molar-refractivity contribution in [1.29, 1.82) is 0 Å². The predicted molar refractivity (Wildman–Crippen MR) is 129 cm³/mol. The van der Waals surface area contributed by atoms with Gasteiger partial charge in [0.05, 0.1) is 0 Å². The molecule has 2 aromatic rings. The largest absolute Gasteiger partial charge is 0.459 e. The molecule has 1 aromatic carbocycles. The zero-order valence-electron chi connectivity index (χ0n) is 20.0. The van der Waals surface area contributed by atoms with Crippen LogP contribution in [0.3, 0.4) is 0 Å². The summed E-state index contributed by atoms with van der Waals surface area (Å²) in [7, 11) is 0. The van der Waals surface area contributed by atoms with Gasteiger partial charge in [-0.1, -0.05) is 39.0 Å². The molecule has 8 heteroatoms. The molecule has 1 heterocycles. The second kappa shape index (κ2) is 10.8. The molecule has 2 amide bonds. The van der Waals surface area contributed by atoms with Gasteiger partial charge in [-0.25, -0.2) is 0 Å². The highest BCUT2D eigenvalue weighted by atomic mass is 35.5. The van der Waals surface area contributed by atoms with Crippen molar-refractivity contribution in [3.05, 3.63) is 59.9 Å². The second-order valence-electron chi connectivity index (χ2n) is 9.69. The van der Waals surface area contributed by atoms with E-state index in [-0.39, 0.29) is 17.8 Å². The van der Waals surface area contributed by atoms with Gasteiger partial charge in [-0.3, -0.25) is 24.3 Å². The minimum absolute atomic E-state index is 0.0760. The highest BCUT2D eigenvalue weighted by molar-refractivity contribution is 6.29. The summed E-state index contributed by atoms with van der Waals surface area (Å²) in [6.45, 7) is 11.2. The number of carbonyl (C=O) groups is 3. The summed E-state index contributed by atoms with van der Waals surface area (Å²) in [6.07, 6.45) is 3.08. The van der Waals surface area contributed by atoms with Gasteiger partial charge in [0, 0.05) is 23.6 Å². The highest BCUT2D eigenvalue weighted by Gasteiger charge is 2.33. The molecule has 0 aliphatic carbocycles. The molecule has 0 aliphatic heterocycles. The average molecular weight is 474 g/mol. The summed E-state index contributed by atoms with van der Waals surface area (Å²) in [5, 5.41) is 2.59. The number of halogens is 1. The fourth-order valence-electron chi connectivity index (χ4n) is 3.21. The van der Waals surface area contributed by atoms with Gasteiger partial charge in [0.1, 0.15) is 24.1 Å². The molecular weight excluding hydrogens is 442 g/mol. The zero-order valence-corrected chi connectivity index (χ0v) is 20.8. The molecule has 178 valence electrons. The third-order valence-electron chi connectivity index (χ3n) is 4.73. The Hall–Kier alpha value is -2.93. The molecule has 7 nitrogen and oxygen atoms in total. The van der Waals surface area contributed by atoms with E-state index < -0.39 is 29.4 Å². The second-order valence-corrected chi connectivity index (χ2v) is 9.95. The summed E-state index contributed by atoms with van der Waals surface area (Å²) >= 11 is 5.92. The summed E-state index contributed by atoms with van der Waals surface area (Å²) in [5.74, 6) is -1.91. The summed E-state index contributed by atoms with van der Waals surface area (Å²) in [5.41, 5.74) is 1.32. The molecule has 2 rings (SSSR count). The molecule has 0 aliphatic rings. The number of pyridine rings is 1. The lowest BCUT2D eigenvalue weighted by Crippen LogP contribution is -2.46. The molecule has 0 fully saturated rings. The van der Waals surface area contributed by atoms with E-state index in [0.717, 1.165) is 5.56 Å². The Labute approximate surface area is 200 Å². The first-order valence-corrected chi connectivity index (χ1v) is 11.2. The van der Waals surface area contributed by atoms with E-state index in [2.05, 4.69) is 31.1 Å². The number of ether oxygens (including phenoxy) is 1. The van der Waals surface area contributed by atoms with Crippen LogP contribution in [0.4, 0.5) is 5.69 Å². The van der Waals surface area contributed by atoms with Crippen molar-refractivity contribution in [2.24, 2.45) is 0 Å². The SMILES string of the molecule is CC(C)(C)OC(=O)CNC(=O)C(c1cccnc1)N(C(=O)CCl)c1ccc(C(C)(C)C)cc1. The first-order valence-electron chi connectivity index (χ1n) is 10.7. The lowest BCUT2D eigenvalue weighted by atomic mass is 9.87. The van der Waals surface area contributed by atoms with Gasteiger partial charge in [0.25, 0.3) is 0 Å². The lowest BCUT2D eigenvalue weighted by molar-refractivity contribution is -0.154. The van der Waals surface area contributed by atoms with Crippen molar-refractivity contribution in [1.82, 2.24) is 10.3 Å². The molecule has 1 atom stereocenters. The van der Waals surface area contributed by atoms with Crippen LogP contribution in [0.2, 0.25) is 0 Å². The number of alkyl halides is 1. The van der Waals surface area contributed by atoms with Gasteiger partial charge in [0.2, 0.25) is 11.8 Å². The van der Waals surface area contributed by atoms with Crippen molar-refractivity contribution in [2.75, 3.05) is 17.3 Å². The van der Waals surface area contributed by atoms with Crippen LogP contribution in [0.25, 0.3) is 0 Å². The molecule has 1 aromatic heterocycles. The number of carbonyl (C=O) groups excluding carboxylic acids is 3. The molecule has 0 saturated heterocycles. The number of hydrogen-bond donors (Lipinski definition) is 1.